The minimum Gasteiger partial charge on any atom is -0.473 e. The molecule has 19 heavy (non-hydrogen) atoms. The summed E-state index contributed by atoms with van der Waals surface area (Å²) in [4.78, 5) is 21.8. The molecule has 0 atom stereocenters. The molecule has 0 saturated carbocycles. The van der Waals surface area contributed by atoms with Crippen LogP contribution in [0.1, 0.15) is 25.7 Å². The summed E-state index contributed by atoms with van der Waals surface area (Å²) in [5.74, 6) is 1.28. The van der Waals surface area contributed by atoms with Crippen molar-refractivity contribution in [1.29, 1.82) is 0 Å². The van der Waals surface area contributed by atoms with E-state index in [1.807, 2.05) is 4.90 Å². The number of carbonyl (C=O) groups is 1. The van der Waals surface area contributed by atoms with Crippen LogP contribution < -0.4 is 4.74 Å². The highest BCUT2D eigenvalue weighted by molar-refractivity contribution is 6.17. The molecule has 1 aromatic rings. The van der Waals surface area contributed by atoms with Gasteiger partial charge in [0.15, 0.2) is 0 Å². The third kappa shape index (κ3) is 4.35. The van der Waals surface area contributed by atoms with Crippen molar-refractivity contribution in [2.45, 2.75) is 31.8 Å². The first-order valence-electron chi connectivity index (χ1n) is 6.56. The van der Waals surface area contributed by atoms with E-state index in [2.05, 4.69) is 9.97 Å². The van der Waals surface area contributed by atoms with Crippen molar-refractivity contribution >= 4 is 17.5 Å². The summed E-state index contributed by atoms with van der Waals surface area (Å²) in [6.07, 6.45) is 7.92. The Hall–Kier alpha value is -1.36. The highest BCUT2D eigenvalue weighted by atomic mass is 35.5. The standard InChI is InChI=1S/C13H18ClN3O2/c14-5-1-2-13(18)17-8-3-11(4-9-17)19-12-10-15-6-7-16-12/h6-7,10-11H,1-5,8-9H2. The Labute approximate surface area is 117 Å². The molecule has 0 bridgehead atoms. The maximum Gasteiger partial charge on any atom is 0.232 e. The molecular formula is C13H18ClN3O2. The summed E-state index contributed by atoms with van der Waals surface area (Å²) in [7, 11) is 0. The number of aromatic nitrogens is 2. The number of carbonyl (C=O) groups excluding carboxylic acids is 1. The van der Waals surface area contributed by atoms with Gasteiger partial charge in [0.2, 0.25) is 11.8 Å². The average molecular weight is 284 g/mol. The fourth-order valence-corrected chi connectivity index (χ4v) is 2.25. The van der Waals surface area contributed by atoms with Crippen LogP contribution in [0.15, 0.2) is 18.6 Å². The van der Waals surface area contributed by atoms with E-state index in [0.29, 0.717) is 18.2 Å². The van der Waals surface area contributed by atoms with Crippen LogP contribution in [-0.2, 0) is 4.79 Å². The largest absolute Gasteiger partial charge is 0.473 e. The lowest BCUT2D eigenvalue weighted by molar-refractivity contribution is -0.133. The molecule has 6 heteroatoms. The van der Waals surface area contributed by atoms with Crippen molar-refractivity contribution in [2.75, 3.05) is 19.0 Å². The molecule has 0 spiro atoms. The Bertz CT molecular complexity index is 394. The summed E-state index contributed by atoms with van der Waals surface area (Å²) < 4.78 is 5.73. The van der Waals surface area contributed by atoms with Gasteiger partial charge in [0, 0.05) is 50.6 Å². The minimum absolute atomic E-state index is 0.119. The Kier molecular flexibility index (Phi) is 5.39. The zero-order valence-electron chi connectivity index (χ0n) is 10.8. The molecule has 0 radical (unpaired) electrons. The molecule has 1 aliphatic heterocycles. The van der Waals surface area contributed by atoms with Gasteiger partial charge in [-0.2, -0.15) is 0 Å². The Morgan fingerprint density at radius 1 is 1.42 bits per heavy atom. The molecule has 1 aromatic heterocycles. The first kappa shape index (κ1) is 14.1. The van der Waals surface area contributed by atoms with E-state index in [1.165, 1.54) is 0 Å². The molecule has 0 aliphatic carbocycles. The minimum atomic E-state index is 0.119. The van der Waals surface area contributed by atoms with Gasteiger partial charge in [-0.05, 0) is 6.42 Å². The third-order valence-electron chi connectivity index (χ3n) is 3.15. The zero-order chi connectivity index (χ0) is 13.5. The number of likely N-dealkylation sites (tertiary alicyclic amines) is 1. The molecule has 2 rings (SSSR count). The van der Waals surface area contributed by atoms with Gasteiger partial charge >= 0.3 is 0 Å². The van der Waals surface area contributed by atoms with Crippen LogP contribution in [0, 0.1) is 0 Å². The predicted octanol–water partition coefficient (Wildman–Crippen LogP) is 1.87. The summed E-state index contributed by atoms with van der Waals surface area (Å²) >= 11 is 5.59. The van der Waals surface area contributed by atoms with E-state index >= 15 is 0 Å². The smallest absolute Gasteiger partial charge is 0.232 e. The van der Waals surface area contributed by atoms with Gasteiger partial charge in [0.05, 0.1) is 6.20 Å². The van der Waals surface area contributed by atoms with E-state index in [9.17, 15) is 4.79 Å². The van der Waals surface area contributed by atoms with Gasteiger partial charge in [0.25, 0.3) is 0 Å². The molecule has 104 valence electrons. The van der Waals surface area contributed by atoms with Crippen LogP contribution in [-0.4, -0.2) is 45.8 Å². The maximum absolute atomic E-state index is 11.8. The number of halogens is 1. The quantitative estimate of drug-likeness (QED) is 0.774. The second kappa shape index (κ2) is 7.28. The van der Waals surface area contributed by atoms with Crippen molar-refractivity contribution in [2.24, 2.45) is 0 Å². The fraction of sp³-hybridized carbons (Fsp3) is 0.615. The summed E-state index contributed by atoms with van der Waals surface area (Å²) in [5.41, 5.74) is 0. The van der Waals surface area contributed by atoms with Gasteiger partial charge in [0.1, 0.15) is 6.10 Å². The highest BCUT2D eigenvalue weighted by Crippen LogP contribution is 2.17. The number of hydrogen-bond donors (Lipinski definition) is 0. The average Bonchev–Trinajstić information content (AvgIpc) is 2.46. The zero-order valence-corrected chi connectivity index (χ0v) is 11.6. The Morgan fingerprint density at radius 3 is 2.84 bits per heavy atom. The van der Waals surface area contributed by atoms with Gasteiger partial charge in [-0.15, -0.1) is 11.6 Å². The highest BCUT2D eigenvalue weighted by Gasteiger charge is 2.23. The first-order valence-corrected chi connectivity index (χ1v) is 7.09. The molecule has 1 saturated heterocycles. The number of hydrogen-bond acceptors (Lipinski definition) is 4. The topological polar surface area (TPSA) is 55.3 Å². The van der Waals surface area contributed by atoms with Crippen molar-refractivity contribution in [3.63, 3.8) is 0 Å². The van der Waals surface area contributed by atoms with Crippen molar-refractivity contribution < 1.29 is 9.53 Å². The summed E-state index contributed by atoms with van der Waals surface area (Å²) in [6.45, 7) is 1.48. The van der Waals surface area contributed by atoms with Gasteiger partial charge in [-0.3, -0.25) is 9.78 Å². The summed E-state index contributed by atoms with van der Waals surface area (Å²) in [5, 5.41) is 0. The molecule has 0 unspecified atom stereocenters. The first-order chi connectivity index (χ1) is 9.29. The van der Waals surface area contributed by atoms with Gasteiger partial charge in [-0.1, -0.05) is 0 Å². The second-order valence-electron chi connectivity index (χ2n) is 4.53. The van der Waals surface area contributed by atoms with Crippen molar-refractivity contribution in [3.05, 3.63) is 18.6 Å². The lowest BCUT2D eigenvalue weighted by Crippen LogP contribution is -2.41. The lowest BCUT2D eigenvalue weighted by Gasteiger charge is -2.31. The van der Waals surface area contributed by atoms with Gasteiger partial charge < -0.3 is 9.64 Å². The lowest BCUT2D eigenvalue weighted by atomic mass is 10.1. The van der Waals surface area contributed by atoms with Crippen LogP contribution in [0.3, 0.4) is 0 Å². The van der Waals surface area contributed by atoms with Crippen LogP contribution in [0.25, 0.3) is 0 Å². The number of alkyl halides is 1. The number of ether oxygens (including phenoxy) is 1. The molecule has 5 nitrogen and oxygen atoms in total. The van der Waals surface area contributed by atoms with Crippen LogP contribution in [0.5, 0.6) is 5.88 Å². The van der Waals surface area contributed by atoms with E-state index in [0.717, 1.165) is 32.4 Å². The van der Waals surface area contributed by atoms with E-state index in [-0.39, 0.29) is 12.0 Å². The molecule has 1 aliphatic rings. The Balaban J connectivity index is 1.75. The SMILES string of the molecule is O=C(CCCCl)N1CCC(Oc2cnccn2)CC1. The normalized spacial score (nSPS) is 16.4. The Morgan fingerprint density at radius 2 is 2.21 bits per heavy atom. The molecule has 0 aromatic carbocycles. The van der Waals surface area contributed by atoms with Crippen LogP contribution in [0.2, 0.25) is 0 Å². The van der Waals surface area contributed by atoms with E-state index in [4.69, 9.17) is 16.3 Å². The van der Waals surface area contributed by atoms with E-state index < -0.39 is 0 Å². The molecule has 2 heterocycles. The second-order valence-corrected chi connectivity index (χ2v) is 4.91. The third-order valence-corrected chi connectivity index (χ3v) is 3.41. The number of nitrogens with zero attached hydrogens (tertiary/aromatic N) is 3. The molecular weight excluding hydrogens is 266 g/mol. The van der Waals surface area contributed by atoms with Gasteiger partial charge in [-0.25, -0.2) is 4.98 Å². The predicted molar refractivity (Wildman–Crippen MR) is 72.2 cm³/mol. The van der Waals surface area contributed by atoms with Crippen LogP contribution in [0.4, 0.5) is 0 Å². The molecule has 1 amide bonds. The molecule has 1 fully saturated rings. The summed E-state index contributed by atoms with van der Waals surface area (Å²) in [6, 6.07) is 0. The van der Waals surface area contributed by atoms with Crippen molar-refractivity contribution in [1.82, 2.24) is 14.9 Å². The fourth-order valence-electron chi connectivity index (χ4n) is 2.12. The number of piperidine rings is 1. The monoisotopic (exact) mass is 283 g/mol. The maximum atomic E-state index is 11.8. The van der Waals surface area contributed by atoms with Crippen LogP contribution >= 0.6 is 11.6 Å². The molecule has 0 N–H and O–H groups in total. The number of rotatable bonds is 5. The number of amides is 1. The van der Waals surface area contributed by atoms with Crippen molar-refractivity contribution in [3.8, 4) is 5.88 Å². The van der Waals surface area contributed by atoms with E-state index in [1.54, 1.807) is 18.6 Å².